The van der Waals surface area contributed by atoms with Crippen molar-refractivity contribution >= 4 is 6.29 Å². The largest absolute Gasteiger partial charge is 0.490 e. The van der Waals surface area contributed by atoms with Crippen molar-refractivity contribution in [1.29, 1.82) is 0 Å². The molecule has 0 saturated heterocycles. The molecule has 6 heteroatoms. The van der Waals surface area contributed by atoms with E-state index in [0.29, 0.717) is 29.5 Å². The summed E-state index contributed by atoms with van der Waals surface area (Å²) in [6.07, 6.45) is 2.25. The molecule has 0 N–H and O–H groups in total. The van der Waals surface area contributed by atoms with Crippen LogP contribution in [0, 0.1) is 0 Å². The van der Waals surface area contributed by atoms with Crippen LogP contribution in [0.2, 0.25) is 0 Å². The van der Waals surface area contributed by atoms with E-state index in [1.54, 1.807) is 22.9 Å². The number of ether oxygens (including phenoxy) is 2. The average Bonchev–Trinajstić information content (AvgIpc) is 2.94. The van der Waals surface area contributed by atoms with Crippen LogP contribution in [0.5, 0.6) is 11.5 Å². The highest BCUT2D eigenvalue weighted by molar-refractivity contribution is 5.81. The third-order valence-corrected chi connectivity index (χ3v) is 2.92. The average molecular weight is 289 g/mol. The van der Waals surface area contributed by atoms with E-state index >= 15 is 0 Å². The Morgan fingerprint density at radius 2 is 2.14 bits per heavy atom. The molecule has 2 aromatic rings. The number of para-hydroxylation sites is 1. The minimum Gasteiger partial charge on any atom is -0.490 e. The summed E-state index contributed by atoms with van der Waals surface area (Å²) in [6.45, 7) is 6.64. The molecule has 112 valence electrons. The summed E-state index contributed by atoms with van der Waals surface area (Å²) in [6, 6.07) is 5.42. The van der Waals surface area contributed by atoms with E-state index in [4.69, 9.17) is 9.47 Å². The molecule has 0 aliphatic rings. The Balaban J connectivity index is 2.22. The van der Waals surface area contributed by atoms with Crippen LogP contribution < -0.4 is 9.47 Å². The van der Waals surface area contributed by atoms with Gasteiger partial charge in [0.1, 0.15) is 12.9 Å². The molecule has 0 atom stereocenters. The molecule has 0 fully saturated rings. The first-order chi connectivity index (χ1) is 10.2. The second-order valence-electron chi connectivity index (χ2n) is 4.73. The number of aromatic nitrogens is 3. The Bertz CT molecular complexity index is 608. The summed E-state index contributed by atoms with van der Waals surface area (Å²) in [5.74, 6) is 1.69. The molecule has 0 saturated carbocycles. The second kappa shape index (κ2) is 6.88. The van der Waals surface area contributed by atoms with Gasteiger partial charge in [-0.15, -0.1) is 0 Å². The summed E-state index contributed by atoms with van der Waals surface area (Å²) in [5.41, 5.74) is 0.455. The molecule has 21 heavy (non-hydrogen) atoms. The number of aldehydes is 1. The SMILES string of the molecule is CCOc1cccc(C=O)c1OCc1ncnn1C(C)C. The maximum atomic E-state index is 11.2. The second-order valence-corrected chi connectivity index (χ2v) is 4.73. The molecule has 1 aromatic heterocycles. The number of hydrogen-bond acceptors (Lipinski definition) is 5. The lowest BCUT2D eigenvalue weighted by Crippen LogP contribution is -2.11. The van der Waals surface area contributed by atoms with Crippen molar-refractivity contribution in [1.82, 2.24) is 14.8 Å². The van der Waals surface area contributed by atoms with Crippen LogP contribution >= 0.6 is 0 Å². The minimum absolute atomic E-state index is 0.193. The minimum atomic E-state index is 0.193. The number of benzene rings is 1. The third kappa shape index (κ3) is 3.39. The lowest BCUT2D eigenvalue weighted by atomic mass is 10.2. The highest BCUT2D eigenvalue weighted by atomic mass is 16.5. The van der Waals surface area contributed by atoms with Gasteiger partial charge < -0.3 is 9.47 Å². The standard InChI is InChI=1S/C15H19N3O3/c1-4-20-13-7-5-6-12(8-19)15(13)21-9-14-16-10-17-18(14)11(2)3/h5-8,10-11H,4,9H2,1-3H3. The molecule has 0 bridgehead atoms. The predicted octanol–water partition coefficient (Wildman–Crippen LogP) is 2.65. The maximum Gasteiger partial charge on any atom is 0.172 e. The van der Waals surface area contributed by atoms with Crippen molar-refractivity contribution in [3.05, 3.63) is 35.9 Å². The van der Waals surface area contributed by atoms with E-state index in [-0.39, 0.29) is 12.6 Å². The van der Waals surface area contributed by atoms with Gasteiger partial charge in [-0.2, -0.15) is 5.10 Å². The molecular formula is C15H19N3O3. The van der Waals surface area contributed by atoms with Gasteiger partial charge in [-0.1, -0.05) is 6.07 Å². The quantitative estimate of drug-likeness (QED) is 0.733. The zero-order chi connectivity index (χ0) is 15.2. The van der Waals surface area contributed by atoms with E-state index in [2.05, 4.69) is 10.1 Å². The van der Waals surface area contributed by atoms with Gasteiger partial charge in [0.05, 0.1) is 12.2 Å². The molecule has 2 rings (SSSR count). The van der Waals surface area contributed by atoms with Crippen molar-refractivity contribution in [2.75, 3.05) is 6.61 Å². The fourth-order valence-electron chi connectivity index (χ4n) is 1.99. The smallest absolute Gasteiger partial charge is 0.172 e. The van der Waals surface area contributed by atoms with Crippen LogP contribution in [0.4, 0.5) is 0 Å². The van der Waals surface area contributed by atoms with Gasteiger partial charge in [0.25, 0.3) is 0 Å². The zero-order valence-corrected chi connectivity index (χ0v) is 12.4. The molecule has 0 aliphatic heterocycles. The molecule has 0 amide bonds. The van der Waals surface area contributed by atoms with Gasteiger partial charge in [0.2, 0.25) is 0 Å². The molecule has 0 unspecified atom stereocenters. The van der Waals surface area contributed by atoms with Crippen LogP contribution in [-0.2, 0) is 6.61 Å². The van der Waals surface area contributed by atoms with Gasteiger partial charge in [0, 0.05) is 6.04 Å². The summed E-state index contributed by atoms with van der Waals surface area (Å²) in [7, 11) is 0. The molecule has 0 spiro atoms. The maximum absolute atomic E-state index is 11.2. The number of hydrogen-bond donors (Lipinski definition) is 0. The van der Waals surface area contributed by atoms with Crippen LogP contribution in [0.15, 0.2) is 24.5 Å². The van der Waals surface area contributed by atoms with Crippen LogP contribution in [0.3, 0.4) is 0 Å². The Kier molecular flexibility index (Phi) is 4.92. The molecular weight excluding hydrogens is 270 g/mol. The zero-order valence-electron chi connectivity index (χ0n) is 12.4. The first-order valence-corrected chi connectivity index (χ1v) is 6.89. The van der Waals surface area contributed by atoms with Crippen molar-refractivity contribution in [2.24, 2.45) is 0 Å². The lowest BCUT2D eigenvalue weighted by Gasteiger charge is -2.14. The van der Waals surface area contributed by atoms with Gasteiger partial charge >= 0.3 is 0 Å². The van der Waals surface area contributed by atoms with E-state index < -0.39 is 0 Å². The van der Waals surface area contributed by atoms with Gasteiger partial charge in [-0.3, -0.25) is 4.79 Å². The van der Waals surface area contributed by atoms with Gasteiger partial charge in [-0.25, -0.2) is 9.67 Å². The Labute approximate surface area is 123 Å². The number of carbonyl (C=O) groups is 1. The molecule has 0 aliphatic carbocycles. The number of rotatable bonds is 7. The van der Waals surface area contributed by atoms with Crippen LogP contribution in [0.25, 0.3) is 0 Å². The summed E-state index contributed by atoms with van der Waals surface area (Å²) in [5, 5.41) is 4.15. The van der Waals surface area contributed by atoms with E-state index in [1.165, 1.54) is 6.33 Å². The van der Waals surface area contributed by atoms with Crippen molar-refractivity contribution in [3.63, 3.8) is 0 Å². The molecule has 1 heterocycles. The molecule has 1 aromatic carbocycles. The highest BCUT2D eigenvalue weighted by Crippen LogP contribution is 2.31. The third-order valence-electron chi connectivity index (χ3n) is 2.92. The topological polar surface area (TPSA) is 66.2 Å². The highest BCUT2D eigenvalue weighted by Gasteiger charge is 2.13. The van der Waals surface area contributed by atoms with Gasteiger partial charge in [0.15, 0.2) is 23.6 Å². The first-order valence-electron chi connectivity index (χ1n) is 6.89. The summed E-state index contributed by atoms with van der Waals surface area (Å²) >= 11 is 0. The predicted molar refractivity (Wildman–Crippen MR) is 77.7 cm³/mol. The van der Waals surface area contributed by atoms with Crippen LogP contribution in [0.1, 0.15) is 43.0 Å². The van der Waals surface area contributed by atoms with E-state index in [1.807, 2.05) is 20.8 Å². The lowest BCUT2D eigenvalue weighted by molar-refractivity contribution is 0.111. The fourth-order valence-corrected chi connectivity index (χ4v) is 1.99. The van der Waals surface area contributed by atoms with E-state index in [9.17, 15) is 4.79 Å². The summed E-state index contributed by atoms with van der Waals surface area (Å²) in [4.78, 5) is 15.3. The number of nitrogens with zero attached hydrogens (tertiary/aromatic N) is 3. The Morgan fingerprint density at radius 1 is 1.33 bits per heavy atom. The van der Waals surface area contributed by atoms with Gasteiger partial charge in [-0.05, 0) is 32.9 Å². The first kappa shape index (κ1) is 15.0. The summed E-state index contributed by atoms with van der Waals surface area (Å²) < 4.78 is 13.0. The van der Waals surface area contributed by atoms with Crippen molar-refractivity contribution in [2.45, 2.75) is 33.4 Å². The fraction of sp³-hybridized carbons (Fsp3) is 0.400. The molecule has 6 nitrogen and oxygen atoms in total. The van der Waals surface area contributed by atoms with E-state index in [0.717, 1.165) is 6.29 Å². The monoisotopic (exact) mass is 289 g/mol. The van der Waals surface area contributed by atoms with Crippen molar-refractivity contribution < 1.29 is 14.3 Å². The van der Waals surface area contributed by atoms with Crippen LogP contribution in [-0.4, -0.2) is 27.7 Å². The Morgan fingerprint density at radius 3 is 2.81 bits per heavy atom. The van der Waals surface area contributed by atoms with Crippen molar-refractivity contribution in [3.8, 4) is 11.5 Å². The molecule has 0 radical (unpaired) electrons. The number of carbonyl (C=O) groups excluding carboxylic acids is 1. The normalized spacial score (nSPS) is 10.7. The Hall–Kier alpha value is -2.37.